The molecule has 4 rings (SSSR count). The molecule has 0 unspecified atom stereocenters. The van der Waals surface area contributed by atoms with E-state index < -0.39 is 5.56 Å². The summed E-state index contributed by atoms with van der Waals surface area (Å²) in [5.41, 5.74) is 1.75. The van der Waals surface area contributed by atoms with Gasteiger partial charge in [0.25, 0.3) is 5.56 Å². The number of hydrogen-bond acceptors (Lipinski definition) is 7. The highest BCUT2D eigenvalue weighted by molar-refractivity contribution is 7.99. The Morgan fingerprint density at radius 2 is 1.94 bits per heavy atom. The Morgan fingerprint density at radius 3 is 2.74 bits per heavy atom. The highest BCUT2D eigenvalue weighted by atomic mass is 35.5. The third-order valence-corrected chi connectivity index (χ3v) is 5.80. The van der Waals surface area contributed by atoms with Crippen molar-refractivity contribution in [3.8, 4) is 17.1 Å². The summed E-state index contributed by atoms with van der Waals surface area (Å²) in [4.78, 5) is 26.4. The van der Waals surface area contributed by atoms with E-state index in [0.29, 0.717) is 27.4 Å². The summed E-state index contributed by atoms with van der Waals surface area (Å²) in [6.45, 7) is 1.98. The second kappa shape index (κ2) is 9.47. The molecule has 31 heavy (non-hydrogen) atoms. The van der Waals surface area contributed by atoms with Crippen molar-refractivity contribution in [2.45, 2.75) is 11.8 Å². The van der Waals surface area contributed by atoms with Crippen LogP contribution in [0.2, 0.25) is 10.0 Å². The average Bonchev–Trinajstić information content (AvgIpc) is 2.77. The second-order valence-electron chi connectivity index (χ2n) is 6.28. The number of nitrogens with one attached hydrogen (secondary N) is 1. The molecule has 3 heterocycles. The number of hydrogen-bond donors (Lipinski definition) is 1. The van der Waals surface area contributed by atoms with E-state index in [2.05, 4.69) is 25.4 Å². The molecule has 0 radical (unpaired) electrons. The Morgan fingerprint density at radius 1 is 1.10 bits per heavy atom. The normalized spacial score (nSPS) is 10.8. The van der Waals surface area contributed by atoms with Gasteiger partial charge < -0.3 is 5.32 Å². The standard InChI is InChI=1S/C21H16Cl2N6OS/c1-2-31-17-12-26-29(20(30)19(17)23)18-10-13(6-8-24-18)16-7-9-25-21(28-16)27-15-5-3-4-14(22)11-15/h3-12H,2H2,1H3,(H,25,27,28). The topological polar surface area (TPSA) is 85.6 Å². The highest BCUT2D eigenvalue weighted by Gasteiger charge is 2.13. The molecule has 0 fully saturated rings. The lowest BCUT2D eigenvalue weighted by molar-refractivity contribution is 0.768. The van der Waals surface area contributed by atoms with Crippen LogP contribution in [0, 0.1) is 0 Å². The van der Waals surface area contributed by atoms with E-state index >= 15 is 0 Å². The van der Waals surface area contributed by atoms with Crippen molar-refractivity contribution in [2.75, 3.05) is 11.1 Å². The predicted molar refractivity (Wildman–Crippen MR) is 125 cm³/mol. The number of thioether (sulfide) groups is 1. The molecule has 4 aromatic rings. The van der Waals surface area contributed by atoms with Gasteiger partial charge >= 0.3 is 0 Å². The lowest BCUT2D eigenvalue weighted by Crippen LogP contribution is -2.22. The molecule has 0 aliphatic carbocycles. The monoisotopic (exact) mass is 470 g/mol. The van der Waals surface area contributed by atoms with Crippen LogP contribution in [-0.4, -0.2) is 30.5 Å². The van der Waals surface area contributed by atoms with Crippen LogP contribution in [0.15, 0.2) is 70.7 Å². The minimum absolute atomic E-state index is 0.129. The van der Waals surface area contributed by atoms with Gasteiger partial charge in [0.1, 0.15) is 5.02 Å². The molecule has 0 atom stereocenters. The quantitative estimate of drug-likeness (QED) is 0.385. The molecule has 0 bridgehead atoms. The molecule has 1 N–H and O–H groups in total. The Bertz CT molecular complexity index is 1300. The lowest BCUT2D eigenvalue weighted by atomic mass is 10.2. The Labute approximate surface area is 192 Å². The number of aromatic nitrogens is 5. The molecule has 0 saturated carbocycles. The minimum atomic E-state index is -0.421. The van der Waals surface area contributed by atoms with E-state index in [-0.39, 0.29) is 5.02 Å². The van der Waals surface area contributed by atoms with Gasteiger partial charge in [-0.2, -0.15) is 9.78 Å². The number of benzene rings is 1. The number of nitrogens with zero attached hydrogens (tertiary/aromatic N) is 5. The van der Waals surface area contributed by atoms with Crippen molar-refractivity contribution in [3.63, 3.8) is 0 Å². The maximum absolute atomic E-state index is 12.7. The summed E-state index contributed by atoms with van der Waals surface area (Å²) in [5.74, 6) is 1.55. The molecule has 0 spiro atoms. The Hall–Kier alpha value is -2.94. The van der Waals surface area contributed by atoms with Crippen LogP contribution in [0.3, 0.4) is 0 Å². The van der Waals surface area contributed by atoms with Gasteiger partial charge in [-0.15, -0.1) is 11.8 Å². The molecule has 0 amide bonds. The first-order valence-corrected chi connectivity index (χ1v) is 11.0. The summed E-state index contributed by atoms with van der Waals surface area (Å²) >= 11 is 13.7. The van der Waals surface area contributed by atoms with Gasteiger partial charge in [-0.05, 0) is 42.2 Å². The summed E-state index contributed by atoms with van der Waals surface area (Å²) in [7, 11) is 0. The third-order valence-electron chi connectivity index (χ3n) is 4.18. The first-order valence-electron chi connectivity index (χ1n) is 9.28. The van der Waals surface area contributed by atoms with Gasteiger partial charge in [-0.25, -0.2) is 15.0 Å². The first kappa shape index (κ1) is 21.3. The SMILES string of the molecule is CCSc1cnn(-c2cc(-c3ccnc(Nc4cccc(Cl)c4)n3)ccn2)c(=O)c1Cl. The van der Waals surface area contributed by atoms with E-state index in [1.807, 2.05) is 19.1 Å². The van der Waals surface area contributed by atoms with Crippen molar-refractivity contribution in [1.82, 2.24) is 24.7 Å². The number of anilines is 2. The van der Waals surface area contributed by atoms with Crippen LogP contribution in [0.5, 0.6) is 0 Å². The number of halogens is 2. The van der Waals surface area contributed by atoms with Crippen molar-refractivity contribution in [1.29, 1.82) is 0 Å². The largest absolute Gasteiger partial charge is 0.324 e. The molecule has 3 aromatic heterocycles. The van der Waals surface area contributed by atoms with Gasteiger partial charge in [-0.1, -0.05) is 36.2 Å². The van der Waals surface area contributed by atoms with E-state index in [1.54, 1.807) is 48.9 Å². The van der Waals surface area contributed by atoms with Gasteiger partial charge in [0, 0.05) is 28.7 Å². The van der Waals surface area contributed by atoms with E-state index in [4.69, 9.17) is 23.2 Å². The van der Waals surface area contributed by atoms with Crippen LogP contribution in [0.4, 0.5) is 11.6 Å². The molecule has 10 heteroatoms. The minimum Gasteiger partial charge on any atom is -0.324 e. The maximum Gasteiger partial charge on any atom is 0.292 e. The van der Waals surface area contributed by atoms with Gasteiger partial charge in [0.2, 0.25) is 5.95 Å². The highest BCUT2D eigenvalue weighted by Crippen LogP contribution is 2.24. The zero-order valence-corrected chi connectivity index (χ0v) is 18.6. The van der Waals surface area contributed by atoms with Crippen LogP contribution >= 0.6 is 35.0 Å². The van der Waals surface area contributed by atoms with Crippen LogP contribution in [-0.2, 0) is 0 Å². The van der Waals surface area contributed by atoms with Crippen molar-refractivity contribution < 1.29 is 0 Å². The van der Waals surface area contributed by atoms with Gasteiger partial charge in [0.15, 0.2) is 5.82 Å². The summed E-state index contributed by atoms with van der Waals surface area (Å²) in [6.07, 6.45) is 4.81. The zero-order chi connectivity index (χ0) is 21.8. The van der Waals surface area contributed by atoms with Crippen LogP contribution in [0.1, 0.15) is 6.92 Å². The van der Waals surface area contributed by atoms with Crippen molar-refractivity contribution in [2.24, 2.45) is 0 Å². The summed E-state index contributed by atoms with van der Waals surface area (Å²) in [5, 5.41) is 8.09. The lowest BCUT2D eigenvalue weighted by Gasteiger charge is -2.09. The fraction of sp³-hybridized carbons (Fsp3) is 0.0952. The third kappa shape index (κ3) is 4.87. The fourth-order valence-electron chi connectivity index (χ4n) is 2.81. The number of pyridine rings is 1. The second-order valence-corrected chi connectivity index (χ2v) is 8.40. The molecule has 0 saturated heterocycles. The summed E-state index contributed by atoms with van der Waals surface area (Å²) < 4.78 is 1.18. The van der Waals surface area contributed by atoms with Crippen LogP contribution < -0.4 is 10.9 Å². The number of rotatable bonds is 6. The molecule has 7 nitrogen and oxygen atoms in total. The average molecular weight is 471 g/mol. The molecule has 0 aliphatic heterocycles. The van der Waals surface area contributed by atoms with Gasteiger partial charge in [-0.3, -0.25) is 4.79 Å². The zero-order valence-electron chi connectivity index (χ0n) is 16.3. The summed E-state index contributed by atoms with van der Waals surface area (Å²) in [6, 6.07) is 12.6. The van der Waals surface area contributed by atoms with Crippen molar-refractivity contribution >= 4 is 46.6 Å². The smallest absolute Gasteiger partial charge is 0.292 e. The maximum atomic E-state index is 12.7. The molecular weight excluding hydrogens is 455 g/mol. The van der Waals surface area contributed by atoms with Gasteiger partial charge in [0.05, 0.1) is 16.8 Å². The van der Waals surface area contributed by atoms with E-state index in [9.17, 15) is 4.79 Å². The Balaban J connectivity index is 1.66. The predicted octanol–water partition coefficient (Wildman–Crippen LogP) is 5.25. The molecule has 0 aliphatic rings. The van der Waals surface area contributed by atoms with Crippen LogP contribution in [0.25, 0.3) is 17.1 Å². The molecule has 156 valence electrons. The molecular formula is C21H16Cl2N6OS. The molecule has 1 aromatic carbocycles. The fourth-order valence-corrected chi connectivity index (χ4v) is 3.94. The van der Waals surface area contributed by atoms with E-state index in [1.165, 1.54) is 16.4 Å². The first-order chi connectivity index (χ1) is 15.0. The van der Waals surface area contributed by atoms with Crippen molar-refractivity contribution in [3.05, 3.63) is 81.5 Å². The van der Waals surface area contributed by atoms with E-state index in [0.717, 1.165) is 17.0 Å². The Kier molecular flexibility index (Phi) is 6.50.